The van der Waals surface area contributed by atoms with Crippen molar-refractivity contribution in [3.63, 3.8) is 0 Å². The molecule has 1 aromatic rings. The highest BCUT2D eigenvalue weighted by Gasteiger charge is 2.12. The first-order valence-electron chi connectivity index (χ1n) is 6.62. The van der Waals surface area contributed by atoms with E-state index in [2.05, 4.69) is 5.32 Å². The Morgan fingerprint density at radius 2 is 2.05 bits per heavy atom. The third-order valence-corrected chi connectivity index (χ3v) is 3.07. The first-order valence-corrected chi connectivity index (χ1v) is 6.62. The Balaban J connectivity index is 2.43. The van der Waals surface area contributed by atoms with Gasteiger partial charge in [0.2, 0.25) is 5.91 Å². The predicted octanol–water partition coefficient (Wildman–Crippen LogP) is 1.82. The summed E-state index contributed by atoms with van der Waals surface area (Å²) in [5.41, 5.74) is 8.05. The molecule has 0 aromatic heterocycles. The van der Waals surface area contributed by atoms with Gasteiger partial charge in [-0.3, -0.25) is 4.79 Å². The van der Waals surface area contributed by atoms with E-state index >= 15 is 0 Å². The van der Waals surface area contributed by atoms with E-state index in [0.29, 0.717) is 25.5 Å². The molecule has 1 atom stereocenters. The molecule has 0 spiro atoms. The van der Waals surface area contributed by atoms with Crippen LogP contribution in [0.1, 0.15) is 31.4 Å². The van der Waals surface area contributed by atoms with Crippen LogP contribution in [-0.4, -0.2) is 19.1 Å². The van der Waals surface area contributed by atoms with E-state index in [0.717, 1.165) is 11.1 Å². The number of amides is 1. The lowest BCUT2D eigenvalue weighted by Gasteiger charge is -2.15. The molecule has 19 heavy (non-hydrogen) atoms. The fourth-order valence-corrected chi connectivity index (χ4v) is 1.72. The molecule has 0 fully saturated rings. The van der Waals surface area contributed by atoms with E-state index in [4.69, 9.17) is 10.5 Å². The van der Waals surface area contributed by atoms with Crippen molar-refractivity contribution < 1.29 is 9.53 Å². The van der Waals surface area contributed by atoms with Crippen LogP contribution in [0.5, 0.6) is 0 Å². The van der Waals surface area contributed by atoms with E-state index in [-0.39, 0.29) is 11.9 Å². The summed E-state index contributed by atoms with van der Waals surface area (Å²) < 4.78 is 5.08. The summed E-state index contributed by atoms with van der Waals surface area (Å²) in [6.45, 7) is 5.15. The first kappa shape index (κ1) is 15.7. The van der Waals surface area contributed by atoms with Crippen LogP contribution in [-0.2, 0) is 22.7 Å². The van der Waals surface area contributed by atoms with Gasteiger partial charge in [-0.25, -0.2) is 0 Å². The average molecular weight is 264 g/mol. The summed E-state index contributed by atoms with van der Waals surface area (Å²) in [7, 11) is 1.67. The number of nitrogens with one attached hydrogen (secondary N) is 1. The molecule has 1 rings (SSSR count). The van der Waals surface area contributed by atoms with Gasteiger partial charge in [-0.05, 0) is 17.0 Å². The molecule has 4 heteroatoms. The summed E-state index contributed by atoms with van der Waals surface area (Å²) in [5.74, 6) is 0.314. The average Bonchev–Trinajstić information content (AvgIpc) is 2.37. The molecule has 0 saturated heterocycles. The van der Waals surface area contributed by atoms with Crippen molar-refractivity contribution in [2.24, 2.45) is 11.7 Å². The Labute approximate surface area is 115 Å². The molecule has 0 saturated carbocycles. The van der Waals surface area contributed by atoms with Gasteiger partial charge in [0.05, 0.1) is 6.61 Å². The second-order valence-corrected chi connectivity index (χ2v) is 5.14. The molecule has 106 valence electrons. The zero-order chi connectivity index (χ0) is 14.3. The van der Waals surface area contributed by atoms with Crippen molar-refractivity contribution in [2.75, 3.05) is 7.11 Å². The Morgan fingerprint density at radius 3 is 2.68 bits per heavy atom. The van der Waals surface area contributed by atoms with E-state index < -0.39 is 0 Å². The predicted molar refractivity (Wildman–Crippen MR) is 76.4 cm³/mol. The van der Waals surface area contributed by atoms with Gasteiger partial charge in [0.1, 0.15) is 0 Å². The van der Waals surface area contributed by atoms with Crippen LogP contribution in [0.3, 0.4) is 0 Å². The third kappa shape index (κ3) is 5.85. The molecular weight excluding hydrogens is 240 g/mol. The second-order valence-electron chi connectivity index (χ2n) is 5.14. The highest BCUT2D eigenvalue weighted by atomic mass is 16.5. The number of nitrogens with two attached hydrogens (primary N) is 1. The van der Waals surface area contributed by atoms with E-state index in [1.54, 1.807) is 7.11 Å². The molecular formula is C15H24N2O2. The van der Waals surface area contributed by atoms with Crippen molar-refractivity contribution >= 4 is 5.91 Å². The molecule has 1 aromatic carbocycles. The van der Waals surface area contributed by atoms with Crippen molar-refractivity contribution in [1.29, 1.82) is 0 Å². The topological polar surface area (TPSA) is 64.3 Å². The minimum atomic E-state index is -0.0835. The maximum atomic E-state index is 11.7. The summed E-state index contributed by atoms with van der Waals surface area (Å²) in [6.07, 6.45) is 0.370. The summed E-state index contributed by atoms with van der Waals surface area (Å²) in [4.78, 5) is 11.7. The van der Waals surface area contributed by atoms with Crippen LogP contribution >= 0.6 is 0 Å². The number of methoxy groups -OCH3 is 1. The van der Waals surface area contributed by atoms with Crippen LogP contribution in [0.4, 0.5) is 0 Å². The monoisotopic (exact) mass is 264 g/mol. The van der Waals surface area contributed by atoms with Crippen molar-refractivity contribution in [2.45, 2.75) is 39.5 Å². The van der Waals surface area contributed by atoms with Gasteiger partial charge >= 0.3 is 0 Å². The van der Waals surface area contributed by atoms with Crippen LogP contribution in [0.2, 0.25) is 0 Å². The maximum absolute atomic E-state index is 11.7. The molecule has 0 aliphatic carbocycles. The number of hydrogen-bond donors (Lipinski definition) is 2. The highest BCUT2D eigenvalue weighted by molar-refractivity contribution is 5.76. The lowest BCUT2D eigenvalue weighted by Crippen LogP contribution is -2.34. The van der Waals surface area contributed by atoms with E-state index in [1.165, 1.54) is 0 Å². The first-order chi connectivity index (χ1) is 9.02. The molecule has 3 N–H and O–H groups in total. The van der Waals surface area contributed by atoms with Gasteiger partial charge < -0.3 is 15.8 Å². The zero-order valence-corrected chi connectivity index (χ0v) is 12.0. The highest BCUT2D eigenvalue weighted by Crippen LogP contribution is 2.07. The lowest BCUT2D eigenvalue weighted by atomic mass is 10.0. The molecule has 1 amide bonds. The minimum Gasteiger partial charge on any atom is -0.380 e. The quantitative estimate of drug-likeness (QED) is 0.789. The maximum Gasteiger partial charge on any atom is 0.221 e. The van der Waals surface area contributed by atoms with Crippen molar-refractivity contribution in [3.8, 4) is 0 Å². The number of rotatable bonds is 7. The fourth-order valence-electron chi connectivity index (χ4n) is 1.72. The Hall–Kier alpha value is -1.39. The molecule has 0 aliphatic heterocycles. The van der Waals surface area contributed by atoms with Crippen LogP contribution in [0.25, 0.3) is 0 Å². The number of carbonyl (C=O) groups excluding carboxylic acids is 1. The lowest BCUT2D eigenvalue weighted by molar-refractivity contribution is -0.121. The standard InChI is InChI=1S/C15H24N2O2/c1-11(2)14(16)8-15(18)17-9-12-5-4-6-13(7-12)10-19-3/h4-7,11,14H,8-10,16H2,1-3H3,(H,17,18). The number of benzene rings is 1. The molecule has 0 bridgehead atoms. The van der Waals surface area contributed by atoms with Crippen molar-refractivity contribution in [1.82, 2.24) is 5.32 Å². The molecule has 0 heterocycles. The minimum absolute atomic E-state index is 0.00153. The van der Waals surface area contributed by atoms with Gasteiger partial charge in [-0.15, -0.1) is 0 Å². The van der Waals surface area contributed by atoms with Crippen LogP contribution in [0, 0.1) is 5.92 Å². The number of hydrogen-bond acceptors (Lipinski definition) is 3. The summed E-state index contributed by atoms with van der Waals surface area (Å²) >= 11 is 0. The van der Waals surface area contributed by atoms with Gasteiger partial charge in [-0.1, -0.05) is 38.1 Å². The van der Waals surface area contributed by atoms with E-state index in [1.807, 2.05) is 38.1 Å². The SMILES string of the molecule is COCc1cccc(CNC(=O)CC(N)C(C)C)c1. The fraction of sp³-hybridized carbons (Fsp3) is 0.533. The van der Waals surface area contributed by atoms with E-state index in [9.17, 15) is 4.79 Å². The van der Waals surface area contributed by atoms with Gasteiger partial charge in [0.25, 0.3) is 0 Å². The summed E-state index contributed by atoms with van der Waals surface area (Å²) in [6, 6.07) is 7.91. The molecule has 4 nitrogen and oxygen atoms in total. The second kappa shape index (κ2) is 7.92. The van der Waals surface area contributed by atoms with Crippen LogP contribution < -0.4 is 11.1 Å². The van der Waals surface area contributed by atoms with Gasteiger partial charge in [0.15, 0.2) is 0 Å². The number of carbonyl (C=O) groups is 1. The molecule has 0 radical (unpaired) electrons. The Bertz CT molecular complexity index is 405. The summed E-state index contributed by atoms with van der Waals surface area (Å²) in [5, 5.41) is 2.89. The third-order valence-electron chi connectivity index (χ3n) is 3.07. The Kier molecular flexibility index (Phi) is 6.53. The van der Waals surface area contributed by atoms with Crippen molar-refractivity contribution in [3.05, 3.63) is 35.4 Å². The Morgan fingerprint density at radius 1 is 1.37 bits per heavy atom. The number of ether oxygens (including phenoxy) is 1. The van der Waals surface area contributed by atoms with Gasteiger partial charge in [-0.2, -0.15) is 0 Å². The zero-order valence-electron chi connectivity index (χ0n) is 12.0. The molecule has 0 aliphatic rings. The largest absolute Gasteiger partial charge is 0.380 e. The van der Waals surface area contributed by atoms with Crippen LogP contribution in [0.15, 0.2) is 24.3 Å². The molecule has 1 unspecified atom stereocenters. The smallest absolute Gasteiger partial charge is 0.221 e. The normalized spacial score (nSPS) is 12.5. The van der Waals surface area contributed by atoms with Gasteiger partial charge in [0, 0.05) is 26.1 Å².